The highest BCUT2D eigenvalue weighted by molar-refractivity contribution is 7.11. The number of amides is 1. The molecule has 2 aromatic heterocycles. The molecule has 0 saturated carbocycles. The third-order valence-electron chi connectivity index (χ3n) is 4.96. The maximum Gasteiger partial charge on any atom is 0.266 e. The zero-order chi connectivity index (χ0) is 19.8. The van der Waals surface area contributed by atoms with E-state index in [4.69, 9.17) is 0 Å². The third-order valence-corrected chi connectivity index (χ3v) is 5.88. The van der Waals surface area contributed by atoms with Crippen molar-refractivity contribution < 1.29 is 13.6 Å². The van der Waals surface area contributed by atoms with Gasteiger partial charge in [0.15, 0.2) is 0 Å². The normalized spacial score (nSPS) is 17.0. The molecule has 146 valence electrons. The summed E-state index contributed by atoms with van der Waals surface area (Å²) < 4.78 is 27.5. The standard InChI is InChI=1S/C19H18F2N4O2S/c1-11-16(28-10-22-11)19(27)24-8-4-7-14(24)17-23-13-6-3-2-5-12(13)18(26)25(17)9-15(20)21/h2-3,5-6,10,14-15H,4,7-9H2,1H3. The molecule has 0 radical (unpaired) electrons. The van der Waals surface area contributed by atoms with Crippen molar-refractivity contribution in [3.63, 3.8) is 0 Å². The number of aryl methyl sites for hydroxylation is 1. The maximum atomic E-state index is 13.2. The summed E-state index contributed by atoms with van der Waals surface area (Å²) >= 11 is 1.25. The highest BCUT2D eigenvalue weighted by Gasteiger charge is 2.35. The molecule has 1 aromatic carbocycles. The lowest BCUT2D eigenvalue weighted by Crippen LogP contribution is -2.36. The van der Waals surface area contributed by atoms with Gasteiger partial charge < -0.3 is 4.90 Å². The number of nitrogens with zero attached hydrogens (tertiary/aromatic N) is 4. The summed E-state index contributed by atoms with van der Waals surface area (Å²) in [5.41, 5.74) is 2.18. The molecule has 1 atom stereocenters. The summed E-state index contributed by atoms with van der Waals surface area (Å²) in [4.78, 5) is 36.7. The number of hydrogen-bond donors (Lipinski definition) is 0. The van der Waals surface area contributed by atoms with Crippen LogP contribution in [0.3, 0.4) is 0 Å². The number of fused-ring (bicyclic) bond motifs is 1. The van der Waals surface area contributed by atoms with Crippen LogP contribution < -0.4 is 5.56 Å². The first-order valence-corrected chi connectivity index (χ1v) is 9.84. The summed E-state index contributed by atoms with van der Waals surface area (Å²) in [5, 5.41) is 0.293. The predicted octanol–water partition coefficient (Wildman–Crippen LogP) is 3.40. The molecule has 3 heterocycles. The Morgan fingerprint density at radius 3 is 2.86 bits per heavy atom. The Balaban J connectivity index is 1.83. The molecule has 0 aliphatic carbocycles. The number of thiazole rings is 1. The van der Waals surface area contributed by atoms with E-state index in [0.717, 1.165) is 4.57 Å². The Labute approximate surface area is 163 Å². The van der Waals surface area contributed by atoms with Gasteiger partial charge in [0.2, 0.25) is 0 Å². The van der Waals surface area contributed by atoms with Gasteiger partial charge in [-0.25, -0.2) is 18.7 Å². The molecule has 4 rings (SSSR count). The first-order chi connectivity index (χ1) is 13.5. The summed E-state index contributed by atoms with van der Waals surface area (Å²) in [7, 11) is 0. The van der Waals surface area contributed by atoms with Gasteiger partial charge in [0, 0.05) is 6.54 Å². The van der Waals surface area contributed by atoms with Gasteiger partial charge in [-0.3, -0.25) is 14.2 Å². The Morgan fingerprint density at radius 1 is 1.36 bits per heavy atom. The van der Waals surface area contributed by atoms with Gasteiger partial charge in [-0.05, 0) is 31.9 Å². The Kier molecular flexibility index (Phi) is 4.92. The molecule has 1 unspecified atom stereocenters. The minimum atomic E-state index is -2.70. The molecule has 0 bridgehead atoms. The number of rotatable bonds is 4. The van der Waals surface area contributed by atoms with Gasteiger partial charge in [0.05, 0.1) is 34.7 Å². The van der Waals surface area contributed by atoms with Crippen LogP contribution in [0.25, 0.3) is 10.9 Å². The van der Waals surface area contributed by atoms with E-state index in [1.807, 2.05) is 0 Å². The fourth-order valence-corrected chi connectivity index (χ4v) is 4.43. The number of hydrogen-bond acceptors (Lipinski definition) is 5. The molecule has 0 N–H and O–H groups in total. The first kappa shape index (κ1) is 18.7. The molecule has 28 heavy (non-hydrogen) atoms. The lowest BCUT2D eigenvalue weighted by Gasteiger charge is -2.26. The van der Waals surface area contributed by atoms with E-state index in [2.05, 4.69) is 9.97 Å². The van der Waals surface area contributed by atoms with Gasteiger partial charge in [-0.2, -0.15) is 0 Å². The van der Waals surface area contributed by atoms with Crippen LogP contribution in [0.5, 0.6) is 0 Å². The molecule has 1 saturated heterocycles. The van der Waals surface area contributed by atoms with Gasteiger partial charge in [0.25, 0.3) is 17.9 Å². The van der Waals surface area contributed by atoms with E-state index in [-0.39, 0.29) is 11.7 Å². The lowest BCUT2D eigenvalue weighted by atomic mass is 10.1. The number of carbonyl (C=O) groups excluding carboxylic acids is 1. The number of aromatic nitrogens is 3. The molecule has 3 aromatic rings. The lowest BCUT2D eigenvalue weighted by molar-refractivity contribution is 0.0724. The smallest absolute Gasteiger partial charge is 0.266 e. The van der Waals surface area contributed by atoms with E-state index < -0.39 is 24.6 Å². The summed E-state index contributed by atoms with van der Waals surface area (Å²) in [6, 6.07) is 6.16. The average Bonchev–Trinajstić information content (AvgIpc) is 3.32. The van der Waals surface area contributed by atoms with Gasteiger partial charge in [-0.15, -0.1) is 11.3 Å². The highest BCUT2D eigenvalue weighted by Crippen LogP contribution is 2.33. The average molecular weight is 404 g/mol. The SMILES string of the molecule is Cc1ncsc1C(=O)N1CCCC1c1nc2ccccc2c(=O)n1CC(F)F. The number of likely N-dealkylation sites (tertiary alicyclic amines) is 1. The van der Waals surface area contributed by atoms with E-state index in [0.29, 0.717) is 40.9 Å². The van der Waals surface area contributed by atoms with Crippen LogP contribution >= 0.6 is 11.3 Å². The fourth-order valence-electron chi connectivity index (χ4n) is 3.67. The molecular formula is C19H18F2N4O2S. The van der Waals surface area contributed by atoms with E-state index in [1.165, 1.54) is 11.3 Å². The topological polar surface area (TPSA) is 68.1 Å². The number of alkyl halides is 2. The Hall–Kier alpha value is -2.68. The second-order valence-corrected chi connectivity index (χ2v) is 7.57. The second kappa shape index (κ2) is 7.38. The van der Waals surface area contributed by atoms with Crippen LogP contribution in [0.2, 0.25) is 0 Å². The van der Waals surface area contributed by atoms with Crippen molar-refractivity contribution in [2.75, 3.05) is 6.54 Å². The van der Waals surface area contributed by atoms with Crippen molar-refractivity contribution >= 4 is 28.1 Å². The molecule has 1 aliphatic heterocycles. The monoisotopic (exact) mass is 404 g/mol. The van der Waals surface area contributed by atoms with Gasteiger partial charge in [0.1, 0.15) is 10.7 Å². The van der Waals surface area contributed by atoms with Gasteiger partial charge in [-0.1, -0.05) is 12.1 Å². The zero-order valence-electron chi connectivity index (χ0n) is 15.1. The van der Waals surface area contributed by atoms with E-state index in [9.17, 15) is 18.4 Å². The fraction of sp³-hybridized carbons (Fsp3) is 0.368. The van der Waals surface area contributed by atoms with Gasteiger partial charge >= 0.3 is 0 Å². The molecule has 9 heteroatoms. The van der Waals surface area contributed by atoms with Crippen molar-refractivity contribution in [3.8, 4) is 0 Å². The molecule has 1 fully saturated rings. The minimum Gasteiger partial charge on any atom is -0.328 e. The molecule has 0 spiro atoms. The number of benzene rings is 1. The predicted molar refractivity (Wildman–Crippen MR) is 102 cm³/mol. The van der Waals surface area contributed by atoms with E-state index >= 15 is 0 Å². The quantitative estimate of drug-likeness (QED) is 0.668. The number of carbonyl (C=O) groups is 1. The third kappa shape index (κ3) is 3.19. The van der Waals surface area contributed by atoms with Crippen LogP contribution in [-0.4, -0.2) is 38.3 Å². The van der Waals surface area contributed by atoms with Crippen molar-refractivity contribution in [2.45, 2.75) is 38.8 Å². The summed E-state index contributed by atoms with van der Waals surface area (Å²) in [6.07, 6.45) is -1.42. The van der Waals surface area contributed by atoms with Crippen molar-refractivity contribution in [1.29, 1.82) is 0 Å². The largest absolute Gasteiger partial charge is 0.328 e. The zero-order valence-corrected chi connectivity index (χ0v) is 16.0. The molecule has 6 nitrogen and oxygen atoms in total. The Bertz CT molecular complexity index is 1090. The second-order valence-electron chi connectivity index (χ2n) is 6.72. The van der Waals surface area contributed by atoms with Crippen LogP contribution in [-0.2, 0) is 6.54 Å². The van der Waals surface area contributed by atoms with Crippen LogP contribution in [0.15, 0.2) is 34.6 Å². The van der Waals surface area contributed by atoms with Crippen molar-refractivity contribution in [2.24, 2.45) is 0 Å². The molecular weight excluding hydrogens is 386 g/mol. The molecule has 1 amide bonds. The Morgan fingerprint density at radius 2 is 2.14 bits per heavy atom. The van der Waals surface area contributed by atoms with E-state index in [1.54, 1.807) is 41.6 Å². The summed E-state index contributed by atoms with van der Waals surface area (Å²) in [5.74, 6) is 0.0190. The minimum absolute atomic E-state index is 0.200. The van der Waals surface area contributed by atoms with Crippen LogP contribution in [0.4, 0.5) is 8.78 Å². The summed E-state index contributed by atoms with van der Waals surface area (Å²) in [6.45, 7) is 1.50. The molecule has 1 aliphatic rings. The highest BCUT2D eigenvalue weighted by atomic mass is 32.1. The van der Waals surface area contributed by atoms with Crippen molar-refractivity contribution in [3.05, 3.63) is 56.5 Å². The first-order valence-electron chi connectivity index (χ1n) is 8.96. The number of halogens is 2. The maximum absolute atomic E-state index is 13.2. The van der Waals surface area contributed by atoms with Crippen molar-refractivity contribution in [1.82, 2.24) is 19.4 Å². The van der Waals surface area contributed by atoms with Crippen LogP contribution in [0.1, 0.15) is 40.1 Å². The van der Waals surface area contributed by atoms with Crippen LogP contribution in [0, 0.1) is 6.92 Å². The number of para-hydroxylation sites is 1.